The number of furan rings is 1. The Morgan fingerprint density at radius 2 is 1.94 bits per heavy atom. The molecule has 6 nitrogen and oxygen atoms in total. The van der Waals surface area contributed by atoms with Crippen molar-refractivity contribution in [2.45, 2.75) is 19.5 Å². The fourth-order valence-corrected chi connectivity index (χ4v) is 4.22. The molecule has 2 N–H and O–H groups in total. The summed E-state index contributed by atoms with van der Waals surface area (Å²) in [5.74, 6) is 0.210. The largest absolute Gasteiger partial charge is 0.449 e. The van der Waals surface area contributed by atoms with Crippen LogP contribution in [0.2, 0.25) is 5.02 Å². The van der Waals surface area contributed by atoms with Crippen LogP contribution < -0.4 is 10.6 Å². The summed E-state index contributed by atoms with van der Waals surface area (Å²) in [7, 11) is 0. The van der Waals surface area contributed by atoms with E-state index in [-0.39, 0.29) is 11.7 Å². The molecule has 160 valence electrons. The minimum absolute atomic E-state index is 0.0892. The van der Waals surface area contributed by atoms with E-state index >= 15 is 0 Å². The van der Waals surface area contributed by atoms with Crippen LogP contribution in [0.5, 0.6) is 0 Å². The molecule has 1 unspecified atom stereocenters. The zero-order valence-electron chi connectivity index (χ0n) is 17.3. The average molecular weight is 446 g/mol. The number of halogens is 1. The summed E-state index contributed by atoms with van der Waals surface area (Å²) >= 11 is 6.19. The molecule has 0 aliphatic carbocycles. The highest BCUT2D eigenvalue weighted by Crippen LogP contribution is 2.32. The molecule has 3 heterocycles. The van der Waals surface area contributed by atoms with Crippen LogP contribution in [0.3, 0.4) is 0 Å². The summed E-state index contributed by atoms with van der Waals surface area (Å²) in [5, 5.41) is 6.46. The fourth-order valence-electron chi connectivity index (χ4n) is 3.90. The van der Waals surface area contributed by atoms with Gasteiger partial charge < -0.3 is 19.6 Å². The Balaban J connectivity index is 1.36. The molecule has 1 aliphatic rings. The van der Waals surface area contributed by atoms with Gasteiger partial charge >= 0.3 is 0 Å². The second kappa shape index (κ2) is 8.05. The SMILES string of the molecule is Cc1ccc(C(=O)Nc2ccc(C(=O)C3Nc4occc4Cn4cccc43)cc2)c(Cl)c1. The van der Waals surface area contributed by atoms with E-state index in [0.29, 0.717) is 34.3 Å². The lowest BCUT2D eigenvalue weighted by Crippen LogP contribution is -2.22. The molecular weight excluding hydrogens is 426 g/mol. The van der Waals surface area contributed by atoms with E-state index in [4.69, 9.17) is 16.0 Å². The number of aromatic nitrogens is 1. The van der Waals surface area contributed by atoms with Gasteiger partial charge in [0.2, 0.25) is 0 Å². The number of hydrogen-bond donors (Lipinski definition) is 2. The van der Waals surface area contributed by atoms with Crippen molar-refractivity contribution in [3.63, 3.8) is 0 Å². The Morgan fingerprint density at radius 1 is 1.12 bits per heavy atom. The van der Waals surface area contributed by atoms with Gasteiger partial charge in [-0.05, 0) is 67.1 Å². The second-order valence-corrected chi connectivity index (χ2v) is 8.20. The minimum Gasteiger partial charge on any atom is -0.449 e. The molecule has 1 amide bonds. The van der Waals surface area contributed by atoms with Gasteiger partial charge in [0, 0.05) is 28.7 Å². The smallest absolute Gasteiger partial charge is 0.257 e. The summed E-state index contributed by atoms with van der Waals surface area (Å²) < 4.78 is 7.58. The zero-order valence-corrected chi connectivity index (χ0v) is 18.0. The van der Waals surface area contributed by atoms with Crippen molar-refractivity contribution in [3.8, 4) is 0 Å². The topological polar surface area (TPSA) is 76.3 Å². The predicted molar refractivity (Wildman–Crippen MR) is 124 cm³/mol. The number of nitrogens with zero attached hydrogens (tertiary/aromatic N) is 1. The molecule has 4 aromatic rings. The van der Waals surface area contributed by atoms with Crippen LogP contribution in [-0.4, -0.2) is 16.3 Å². The summed E-state index contributed by atoms with van der Waals surface area (Å²) in [6.45, 7) is 2.55. The Morgan fingerprint density at radius 3 is 2.72 bits per heavy atom. The zero-order chi connectivity index (χ0) is 22.2. The molecule has 0 saturated carbocycles. The van der Waals surface area contributed by atoms with Crippen LogP contribution in [0.1, 0.15) is 43.6 Å². The Kier molecular flexibility index (Phi) is 5.07. The first-order chi connectivity index (χ1) is 15.5. The third kappa shape index (κ3) is 3.69. The Bertz CT molecular complexity index is 1320. The van der Waals surface area contributed by atoms with Crippen LogP contribution in [0.4, 0.5) is 11.6 Å². The van der Waals surface area contributed by atoms with Gasteiger partial charge in [0.1, 0.15) is 6.04 Å². The van der Waals surface area contributed by atoms with Crippen molar-refractivity contribution in [2.75, 3.05) is 10.6 Å². The number of carbonyl (C=O) groups is 2. The monoisotopic (exact) mass is 445 g/mol. The standard InChI is InChI=1S/C25H20ClN3O3/c1-15-4-9-19(20(26)13-15)24(31)27-18-7-5-16(6-8-18)23(30)22-21-3-2-11-29(21)14-17-10-12-32-25(17)28-22/h2-13,22,28H,14H2,1H3,(H,27,31). The van der Waals surface area contributed by atoms with Gasteiger partial charge in [-0.1, -0.05) is 17.7 Å². The predicted octanol–water partition coefficient (Wildman–Crippen LogP) is 5.69. The number of anilines is 2. The number of hydrogen-bond acceptors (Lipinski definition) is 4. The molecule has 0 saturated heterocycles. The maximum absolute atomic E-state index is 13.4. The molecule has 0 fully saturated rings. The molecule has 7 heteroatoms. The van der Waals surface area contributed by atoms with E-state index in [0.717, 1.165) is 16.8 Å². The second-order valence-electron chi connectivity index (χ2n) is 7.79. The summed E-state index contributed by atoms with van der Waals surface area (Å²) in [5.41, 5.74) is 4.34. The molecule has 2 aromatic carbocycles. The van der Waals surface area contributed by atoms with Crippen molar-refractivity contribution in [2.24, 2.45) is 0 Å². The first kappa shape index (κ1) is 20.2. The van der Waals surface area contributed by atoms with Crippen molar-refractivity contribution in [1.82, 2.24) is 4.57 Å². The van der Waals surface area contributed by atoms with Gasteiger partial charge in [0.25, 0.3) is 5.91 Å². The highest BCUT2D eigenvalue weighted by Gasteiger charge is 2.29. The number of nitrogens with one attached hydrogen (secondary N) is 2. The van der Waals surface area contributed by atoms with E-state index < -0.39 is 6.04 Å². The number of carbonyl (C=O) groups excluding carboxylic acids is 2. The molecule has 1 atom stereocenters. The maximum atomic E-state index is 13.4. The highest BCUT2D eigenvalue weighted by molar-refractivity contribution is 6.34. The average Bonchev–Trinajstić information content (AvgIpc) is 3.39. The van der Waals surface area contributed by atoms with Gasteiger partial charge in [0.05, 0.1) is 23.4 Å². The number of amides is 1. The van der Waals surface area contributed by atoms with Gasteiger partial charge in [-0.2, -0.15) is 0 Å². The number of ketones is 1. The lowest BCUT2D eigenvalue weighted by molar-refractivity contribution is 0.0965. The van der Waals surface area contributed by atoms with E-state index in [1.165, 1.54) is 0 Å². The van der Waals surface area contributed by atoms with Crippen LogP contribution in [-0.2, 0) is 6.54 Å². The third-order valence-electron chi connectivity index (χ3n) is 5.58. The van der Waals surface area contributed by atoms with Crippen LogP contribution >= 0.6 is 11.6 Å². The first-order valence-corrected chi connectivity index (χ1v) is 10.6. The van der Waals surface area contributed by atoms with Gasteiger partial charge in [0.15, 0.2) is 11.7 Å². The molecule has 0 spiro atoms. The van der Waals surface area contributed by atoms with Crippen LogP contribution in [0.15, 0.2) is 77.5 Å². The Hall–Kier alpha value is -3.77. The molecule has 0 radical (unpaired) electrons. The summed E-state index contributed by atoms with van der Waals surface area (Å²) in [4.78, 5) is 25.9. The minimum atomic E-state index is -0.579. The summed E-state index contributed by atoms with van der Waals surface area (Å²) in [6.07, 6.45) is 3.57. The van der Waals surface area contributed by atoms with Gasteiger partial charge in [-0.3, -0.25) is 9.59 Å². The third-order valence-corrected chi connectivity index (χ3v) is 5.89. The Labute approximate surface area is 189 Å². The van der Waals surface area contributed by atoms with Crippen LogP contribution in [0, 0.1) is 6.92 Å². The lowest BCUT2D eigenvalue weighted by atomic mass is 10.0. The highest BCUT2D eigenvalue weighted by atomic mass is 35.5. The molecular formula is C25H20ClN3O3. The van der Waals surface area contributed by atoms with Gasteiger partial charge in [-0.15, -0.1) is 0 Å². The van der Waals surface area contributed by atoms with E-state index in [2.05, 4.69) is 10.6 Å². The lowest BCUT2D eigenvalue weighted by Gasteiger charge is -2.17. The first-order valence-electron chi connectivity index (χ1n) is 10.2. The van der Waals surface area contributed by atoms with E-state index in [1.54, 1.807) is 42.7 Å². The van der Waals surface area contributed by atoms with Crippen molar-refractivity contribution in [1.29, 1.82) is 0 Å². The number of aryl methyl sites for hydroxylation is 1. The quantitative estimate of drug-likeness (QED) is 0.395. The van der Waals surface area contributed by atoms with Crippen molar-refractivity contribution >= 4 is 34.9 Å². The number of fused-ring (bicyclic) bond motifs is 2. The molecule has 5 rings (SSSR count). The van der Waals surface area contributed by atoms with Crippen molar-refractivity contribution in [3.05, 3.63) is 106 Å². The number of rotatable bonds is 4. The fraction of sp³-hybridized carbons (Fsp3) is 0.120. The molecule has 32 heavy (non-hydrogen) atoms. The maximum Gasteiger partial charge on any atom is 0.257 e. The normalized spacial score (nSPS) is 14.6. The molecule has 2 aromatic heterocycles. The summed E-state index contributed by atoms with van der Waals surface area (Å²) in [6, 6.07) is 17.3. The number of Topliss-reactive ketones (excluding diaryl/α,β-unsaturated/α-hetero) is 1. The number of benzene rings is 2. The molecule has 1 aliphatic heterocycles. The van der Waals surface area contributed by atoms with E-state index in [9.17, 15) is 9.59 Å². The van der Waals surface area contributed by atoms with Crippen molar-refractivity contribution < 1.29 is 14.0 Å². The molecule has 0 bridgehead atoms. The van der Waals surface area contributed by atoms with Gasteiger partial charge in [-0.25, -0.2) is 0 Å². The van der Waals surface area contributed by atoms with E-state index in [1.807, 2.05) is 42.0 Å². The van der Waals surface area contributed by atoms with Crippen LogP contribution in [0.25, 0.3) is 0 Å².